The van der Waals surface area contributed by atoms with Crippen molar-refractivity contribution < 1.29 is 5.11 Å². The number of aliphatic hydroxyl groups excluding tert-OH is 1. The lowest BCUT2D eigenvalue weighted by atomic mass is 10.1. The quantitative estimate of drug-likeness (QED) is 0.901. The molecule has 3 nitrogen and oxygen atoms in total. The van der Waals surface area contributed by atoms with E-state index in [1.54, 1.807) is 17.5 Å². The molecular weight excluding hydrogens is 232 g/mol. The van der Waals surface area contributed by atoms with Crippen molar-refractivity contribution in [3.05, 3.63) is 34.9 Å². The predicted octanol–water partition coefficient (Wildman–Crippen LogP) is 2.52. The van der Waals surface area contributed by atoms with E-state index in [9.17, 15) is 5.11 Å². The Morgan fingerprint density at radius 2 is 2.29 bits per heavy atom. The van der Waals surface area contributed by atoms with Gasteiger partial charge in [-0.2, -0.15) is 0 Å². The lowest BCUT2D eigenvalue weighted by Gasteiger charge is -2.07. The van der Waals surface area contributed by atoms with Gasteiger partial charge in [-0.05, 0) is 30.4 Å². The van der Waals surface area contributed by atoms with E-state index in [4.69, 9.17) is 0 Å². The summed E-state index contributed by atoms with van der Waals surface area (Å²) in [5, 5.41) is 12.5. The standard InChI is InChI=1S/C13H14N2OS/c16-9-13(3-4-13)6-12-15-11(8-17-12)10-2-1-5-14-7-10/h1-2,5,7-8,16H,3-4,6,9H2. The molecule has 0 spiro atoms. The van der Waals surface area contributed by atoms with E-state index >= 15 is 0 Å². The van der Waals surface area contributed by atoms with Gasteiger partial charge < -0.3 is 5.11 Å². The van der Waals surface area contributed by atoms with E-state index in [1.165, 1.54) is 0 Å². The molecule has 0 unspecified atom stereocenters. The summed E-state index contributed by atoms with van der Waals surface area (Å²) >= 11 is 1.68. The summed E-state index contributed by atoms with van der Waals surface area (Å²) in [4.78, 5) is 8.72. The third-order valence-electron chi connectivity index (χ3n) is 3.33. The van der Waals surface area contributed by atoms with Crippen LogP contribution in [0.15, 0.2) is 29.9 Å². The van der Waals surface area contributed by atoms with Crippen LogP contribution >= 0.6 is 11.3 Å². The zero-order valence-electron chi connectivity index (χ0n) is 9.47. The van der Waals surface area contributed by atoms with Gasteiger partial charge in [-0.15, -0.1) is 11.3 Å². The zero-order chi connectivity index (χ0) is 11.7. The summed E-state index contributed by atoms with van der Waals surface area (Å²) in [6.07, 6.45) is 6.77. The van der Waals surface area contributed by atoms with Crippen LogP contribution in [0.25, 0.3) is 11.3 Å². The molecule has 0 amide bonds. The maximum Gasteiger partial charge on any atom is 0.0939 e. The van der Waals surface area contributed by atoms with Gasteiger partial charge in [0.1, 0.15) is 0 Å². The average molecular weight is 246 g/mol. The maximum absolute atomic E-state index is 9.31. The number of rotatable bonds is 4. The largest absolute Gasteiger partial charge is 0.396 e. The van der Waals surface area contributed by atoms with Crippen LogP contribution in [0.4, 0.5) is 0 Å². The SMILES string of the molecule is OCC1(Cc2nc(-c3cccnc3)cs2)CC1. The molecule has 1 aliphatic rings. The smallest absolute Gasteiger partial charge is 0.0939 e. The topological polar surface area (TPSA) is 46.0 Å². The molecule has 2 heterocycles. The van der Waals surface area contributed by atoms with Gasteiger partial charge in [0.25, 0.3) is 0 Å². The third-order valence-corrected chi connectivity index (χ3v) is 4.18. The summed E-state index contributed by atoms with van der Waals surface area (Å²) in [7, 11) is 0. The fourth-order valence-electron chi connectivity index (χ4n) is 1.93. The fraction of sp³-hybridized carbons (Fsp3) is 0.385. The minimum Gasteiger partial charge on any atom is -0.396 e. The number of aromatic nitrogens is 2. The number of nitrogens with zero attached hydrogens (tertiary/aromatic N) is 2. The minimum absolute atomic E-state index is 0.143. The molecule has 1 fully saturated rings. The van der Waals surface area contributed by atoms with Crippen LogP contribution < -0.4 is 0 Å². The van der Waals surface area contributed by atoms with Gasteiger partial charge in [0.15, 0.2) is 0 Å². The van der Waals surface area contributed by atoms with Crippen LogP contribution in [0.2, 0.25) is 0 Å². The van der Waals surface area contributed by atoms with Crippen LogP contribution in [0.3, 0.4) is 0 Å². The monoisotopic (exact) mass is 246 g/mol. The van der Waals surface area contributed by atoms with E-state index < -0.39 is 0 Å². The minimum atomic E-state index is 0.143. The summed E-state index contributed by atoms with van der Waals surface area (Å²) < 4.78 is 0. The van der Waals surface area contributed by atoms with Crippen LogP contribution in [-0.4, -0.2) is 21.7 Å². The summed E-state index contributed by atoms with van der Waals surface area (Å²) in [6.45, 7) is 0.287. The first kappa shape index (κ1) is 10.9. The first-order valence-electron chi connectivity index (χ1n) is 5.77. The molecule has 3 rings (SSSR count). The van der Waals surface area contributed by atoms with Crippen LogP contribution in [0, 0.1) is 5.41 Å². The van der Waals surface area contributed by atoms with Gasteiger partial charge in [0.05, 0.1) is 10.7 Å². The Morgan fingerprint density at radius 1 is 1.41 bits per heavy atom. The first-order valence-corrected chi connectivity index (χ1v) is 6.65. The normalized spacial score (nSPS) is 17.0. The summed E-state index contributed by atoms with van der Waals surface area (Å²) in [6, 6.07) is 3.94. The number of hydrogen-bond donors (Lipinski definition) is 1. The molecule has 0 atom stereocenters. The van der Waals surface area contributed by atoms with Gasteiger partial charge in [0.2, 0.25) is 0 Å². The van der Waals surface area contributed by atoms with Gasteiger partial charge in [0, 0.05) is 36.4 Å². The molecule has 4 heteroatoms. The number of thiazole rings is 1. The zero-order valence-corrected chi connectivity index (χ0v) is 10.3. The summed E-state index contributed by atoms with van der Waals surface area (Å²) in [5.74, 6) is 0. The van der Waals surface area contributed by atoms with Crippen LogP contribution in [0.1, 0.15) is 17.8 Å². The van der Waals surface area contributed by atoms with Crippen molar-refractivity contribution >= 4 is 11.3 Å². The van der Waals surface area contributed by atoms with Gasteiger partial charge >= 0.3 is 0 Å². The Hall–Kier alpha value is -1.26. The predicted molar refractivity (Wildman–Crippen MR) is 67.8 cm³/mol. The number of hydrogen-bond acceptors (Lipinski definition) is 4. The summed E-state index contributed by atoms with van der Waals surface area (Å²) in [5.41, 5.74) is 2.19. The molecular formula is C13H14N2OS. The number of pyridine rings is 1. The molecule has 1 saturated carbocycles. The van der Waals surface area contributed by atoms with Crippen molar-refractivity contribution in [2.75, 3.05) is 6.61 Å². The Labute approximate surface area is 104 Å². The highest BCUT2D eigenvalue weighted by atomic mass is 32.1. The highest BCUT2D eigenvalue weighted by molar-refractivity contribution is 7.09. The molecule has 1 aliphatic carbocycles. The molecule has 0 bridgehead atoms. The van der Waals surface area contributed by atoms with E-state index in [1.807, 2.05) is 18.3 Å². The Kier molecular flexibility index (Phi) is 2.68. The van der Waals surface area contributed by atoms with E-state index in [0.717, 1.165) is 35.5 Å². The van der Waals surface area contributed by atoms with Crippen LogP contribution in [-0.2, 0) is 6.42 Å². The lowest BCUT2D eigenvalue weighted by molar-refractivity contribution is 0.211. The molecule has 0 saturated heterocycles. The average Bonchev–Trinajstić information content (AvgIpc) is 3.00. The molecule has 1 N–H and O–H groups in total. The second-order valence-electron chi connectivity index (χ2n) is 4.70. The molecule has 2 aromatic rings. The van der Waals surface area contributed by atoms with Crippen LogP contribution in [0.5, 0.6) is 0 Å². The Morgan fingerprint density at radius 3 is 2.94 bits per heavy atom. The van der Waals surface area contributed by atoms with E-state index in [0.29, 0.717) is 0 Å². The molecule has 88 valence electrons. The third kappa shape index (κ3) is 2.23. The van der Waals surface area contributed by atoms with E-state index in [2.05, 4.69) is 15.3 Å². The maximum atomic E-state index is 9.31. The lowest BCUT2D eigenvalue weighted by Crippen LogP contribution is -2.09. The van der Waals surface area contributed by atoms with Crippen molar-refractivity contribution in [3.63, 3.8) is 0 Å². The fourth-order valence-corrected chi connectivity index (χ4v) is 2.90. The highest BCUT2D eigenvalue weighted by Gasteiger charge is 2.42. The molecule has 17 heavy (non-hydrogen) atoms. The second-order valence-corrected chi connectivity index (χ2v) is 5.65. The number of aliphatic hydroxyl groups is 1. The molecule has 0 radical (unpaired) electrons. The molecule has 0 aromatic carbocycles. The van der Waals surface area contributed by atoms with Gasteiger partial charge in [-0.1, -0.05) is 0 Å². The molecule has 0 aliphatic heterocycles. The second kappa shape index (κ2) is 4.20. The Balaban J connectivity index is 1.79. The van der Waals surface area contributed by atoms with Crippen molar-refractivity contribution in [2.45, 2.75) is 19.3 Å². The van der Waals surface area contributed by atoms with E-state index in [-0.39, 0.29) is 12.0 Å². The van der Waals surface area contributed by atoms with Crippen molar-refractivity contribution in [2.24, 2.45) is 5.41 Å². The Bertz CT molecular complexity index is 505. The van der Waals surface area contributed by atoms with Crippen molar-refractivity contribution in [3.8, 4) is 11.3 Å². The van der Waals surface area contributed by atoms with Gasteiger partial charge in [-0.25, -0.2) is 4.98 Å². The molecule has 2 aromatic heterocycles. The highest BCUT2D eigenvalue weighted by Crippen LogP contribution is 2.48. The van der Waals surface area contributed by atoms with Crippen molar-refractivity contribution in [1.29, 1.82) is 0 Å². The van der Waals surface area contributed by atoms with Gasteiger partial charge in [-0.3, -0.25) is 4.98 Å². The van der Waals surface area contributed by atoms with Crippen molar-refractivity contribution in [1.82, 2.24) is 9.97 Å². The first-order chi connectivity index (χ1) is 8.31.